The van der Waals surface area contributed by atoms with Gasteiger partial charge in [-0.15, -0.1) is 0 Å². The van der Waals surface area contributed by atoms with Gasteiger partial charge in [-0.25, -0.2) is 0 Å². The van der Waals surface area contributed by atoms with E-state index >= 15 is 0 Å². The van der Waals surface area contributed by atoms with Crippen LogP contribution in [0.3, 0.4) is 0 Å². The first kappa shape index (κ1) is 32.4. The molecule has 3 heteroatoms. The molecule has 1 aliphatic heterocycles. The van der Waals surface area contributed by atoms with Crippen molar-refractivity contribution in [1.82, 2.24) is 4.90 Å². The molecule has 0 unspecified atom stereocenters. The number of likely N-dealkylation sites (tertiary alicyclic amines) is 1. The van der Waals surface area contributed by atoms with Crippen LogP contribution in [-0.4, -0.2) is 38.6 Å². The Morgan fingerprint density at radius 1 is 0.932 bits per heavy atom. The van der Waals surface area contributed by atoms with Crippen LogP contribution in [0.15, 0.2) is 59.0 Å². The van der Waals surface area contributed by atoms with Crippen molar-refractivity contribution in [2.24, 2.45) is 5.92 Å². The standard InChI is InChI=1S/C41H56N2O/c1-10-12-24-43-25-22-30(23-26-43)38-34-27-31(19-21-36(34)44-40(38)41(5,6)7)37(28(3)4)33(15-11-2)39-32-17-14-13-16-29(32)18-20-35(39)42(8)9/h13-14,16-21,27-28,30H,10-12,15,22-26H2,1-9H3. The van der Waals surface area contributed by atoms with Gasteiger partial charge in [0.1, 0.15) is 11.3 Å². The summed E-state index contributed by atoms with van der Waals surface area (Å²) in [5, 5.41) is 3.98. The number of furan rings is 1. The summed E-state index contributed by atoms with van der Waals surface area (Å²) in [6.07, 6.45) is 7.13. The van der Waals surface area contributed by atoms with E-state index in [1.165, 1.54) is 101 Å². The van der Waals surface area contributed by atoms with Crippen molar-refractivity contribution in [1.29, 1.82) is 0 Å². The molecule has 3 nitrogen and oxygen atoms in total. The Hall–Kier alpha value is -3.04. The zero-order valence-electron chi connectivity index (χ0n) is 29.0. The Labute approximate surface area is 267 Å². The molecule has 4 aromatic rings. The largest absolute Gasteiger partial charge is 0.460 e. The first-order valence-corrected chi connectivity index (χ1v) is 17.3. The van der Waals surface area contributed by atoms with Crippen LogP contribution in [-0.2, 0) is 5.41 Å². The van der Waals surface area contributed by atoms with Crippen LogP contribution in [0.1, 0.15) is 115 Å². The number of fused-ring (bicyclic) bond motifs is 2. The van der Waals surface area contributed by atoms with Gasteiger partial charge in [-0.1, -0.05) is 97.7 Å². The highest BCUT2D eigenvalue weighted by atomic mass is 16.3. The van der Waals surface area contributed by atoms with Gasteiger partial charge in [0, 0.05) is 41.7 Å². The van der Waals surface area contributed by atoms with E-state index in [1.54, 1.807) is 0 Å². The summed E-state index contributed by atoms with van der Waals surface area (Å²) in [6.45, 7) is 19.9. The van der Waals surface area contributed by atoms with E-state index in [0.29, 0.717) is 11.8 Å². The number of anilines is 1. The summed E-state index contributed by atoms with van der Waals surface area (Å²) in [5.41, 5.74) is 9.45. The molecule has 0 aliphatic carbocycles. The maximum Gasteiger partial charge on any atom is 0.134 e. The molecule has 0 saturated carbocycles. The highest BCUT2D eigenvalue weighted by Crippen LogP contribution is 2.46. The van der Waals surface area contributed by atoms with Crippen molar-refractivity contribution in [2.75, 3.05) is 38.6 Å². The molecular weight excluding hydrogens is 536 g/mol. The average molecular weight is 593 g/mol. The van der Waals surface area contributed by atoms with Gasteiger partial charge in [0.15, 0.2) is 0 Å². The molecule has 236 valence electrons. The number of hydrogen-bond donors (Lipinski definition) is 0. The summed E-state index contributed by atoms with van der Waals surface area (Å²) in [4.78, 5) is 4.96. The third kappa shape index (κ3) is 6.50. The minimum Gasteiger partial charge on any atom is -0.460 e. The van der Waals surface area contributed by atoms with Gasteiger partial charge in [-0.2, -0.15) is 0 Å². The predicted molar refractivity (Wildman–Crippen MR) is 193 cm³/mol. The fourth-order valence-electron chi connectivity index (χ4n) is 7.52. The number of piperidine rings is 1. The van der Waals surface area contributed by atoms with Gasteiger partial charge in [0.2, 0.25) is 0 Å². The summed E-state index contributed by atoms with van der Waals surface area (Å²) >= 11 is 0. The molecule has 0 bridgehead atoms. The van der Waals surface area contributed by atoms with Crippen molar-refractivity contribution in [3.63, 3.8) is 0 Å². The SMILES string of the molecule is CCCCN1CCC(c2c(C(C)(C)C)oc3ccc(C(=C(CCC)c4c(N(C)C)ccc5ccccc45)C(C)C)cc23)CC1. The van der Waals surface area contributed by atoms with E-state index < -0.39 is 0 Å². The lowest BCUT2D eigenvalue weighted by Gasteiger charge is -2.33. The van der Waals surface area contributed by atoms with Crippen molar-refractivity contribution in [3.05, 3.63) is 77.0 Å². The molecule has 0 atom stereocenters. The Balaban J connectivity index is 1.72. The van der Waals surface area contributed by atoms with Crippen LogP contribution in [0.2, 0.25) is 0 Å². The van der Waals surface area contributed by atoms with Gasteiger partial charge >= 0.3 is 0 Å². The molecule has 0 spiro atoms. The zero-order valence-corrected chi connectivity index (χ0v) is 29.0. The second-order valence-electron chi connectivity index (χ2n) is 14.6. The zero-order chi connectivity index (χ0) is 31.6. The number of benzene rings is 3. The van der Waals surface area contributed by atoms with Gasteiger partial charge in [-0.3, -0.25) is 0 Å². The van der Waals surface area contributed by atoms with Crippen LogP contribution in [0.25, 0.3) is 32.9 Å². The molecule has 2 heterocycles. The van der Waals surface area contributed by atoms with Crippen molar-refractivity contribution in [3.8, 4) is 0 Å². The Bertz CT molecular complexity index is 1610. The molecule has 1 saturated heterocycles. The van der Waals surface area contributed by atoms with E-state index in [0.717, 1.165) is 18.4 Å². The smallest absolute Gasteiger partial charge is 0.134 e. The number of hydrogen-bond acceptors (Lipinski definition) is 3. The fourth-order valence-corrected chi connectivity index (χ4v) is 7.52. The first-order valence-electron chi connectivity index (χ1n) is 17.3. The monoisotopic (exact) mass is 592 g/mol. The molecule has 1 aliphatic rings. The highest BCUT2D eigenvalue weighted by Gasteiger charge is 2.32. The lowest BCUT2D eigenvalue weighted by Crippen LogP contribution is -2.34. The third-order valence-electron chi connectivity index (χ3n) is 9.64. The van der Waals surface area contributed by atoms with Crippen LogP contribution in [0.4, 0.5) is 5.69 Å². The number of rotatable bonds is 10. The second kappa shape index (κ2) is 13.5. The minimum absolute atomic E-state index is 0.0402. The second-order valence-corrected chi connectivity index (χ2v) is 14.6. The van der Waals surface area contributed by atoms with Gasteiger partial charge < -0.3 is 14.2 Å². The van der Waals surface area contributed by atoms with Gasteiger partial charge in [0.25, 0.3) is 0 Å². The quantitative estimate of drug-likeness (QED) is 0.171. The minimum atomic E-state index is -0.0402. The van der Waals surface area contributed by atoms with Crippen molar-refractivity contribution in [2.45, 2.75) is 98.3 Å². The molecule has 44 heavy (non-hydrogen) atoms. The molecule has 5 rings (SSSR count). The van der Waals surface area contributed by atoms with Crippen LogP contribution in [0, 0.1) is 5.92 Å². The Morgan fingerprint density at radius 3 is 2.30 bits per heavy atom. The number of unbranched alkanes of at least 4 members (excludes halogenated alkanes) is 1. The van der Waals surface area contributed by atoms with Crippen molar-refractivity contribution < 1.29 is 4.42 Å². The topological polar surface area (TPSA) is 19.6 Å². The number of nitrogens with zero attached hydrogens (tertiary/aromatic N) is 2. The molecule has 1 aromatic heterocycles. The van der Waals surface area contributed by atoms with Crippen LogP contribution >= 0.6 is 0 Å². The lowest BCUT2D eigenvalue weighted by atomic mass is 9.79. The fraction of sp³-hybridized carbons (Fsp3) is 0.512. The molecule has 0 N–H and O–H groups in total. The summed E-state index contributed by atoms with van der Waals surface area (Å²) in [6, 6.07) is 20.6. The van der Waals surface area contributed by atoms with Crippen molar-refractivity contribution >= 4 is 38.6 Å². The van der Waals surface area contributed by atoms with E-state index in [1.807, 2.05) is 0 Å². The lowest BCUT2D eigenvalue weighted by molar-refractivity contribution is 0.208. The molecule has 1 fully saturated rings. The van der Waals surface area contributed by atoms with E-state index in [4.69, 9.17) is 4.42 Å². The molecule has 0 radical (unpaired) electrons. The van der Waals surface area contributed by atoms with E-state index in [-0.39, 0.29) is 5.41 Å². The van der Waals surface area contributed by atoms with Crippen LogP contribution < -0.4 is 4.90 Å². The average Bonchev–Trinajstić information content (AvgIpc) is 3.39. The van der Waals surface area contributed by atoms with Crippen LogP contribution in [0.5, 0.6) is 0 Å². The maximum absolute atomic E-state index is 6.77. The summed E-state index contributed by atoms with van der Waals surface area (Å²) in [7, 11) is 4.36. The first-order chi connectivity index (χ1) is 21.0. The highest BCUT2D eigenvalue weighted by molar-refractivity contribution is 6.06. The van der Waals surface area contributed by atoms with Gasteiger partial charge in [-0.05, 0) is 103 Å². The molecular formula is C41H56N2O. The summed E-state index contributed by atoms with van der Waals surface area (Å²) in [5.74, 6) is 2.10. The Morgan fingerprint density at radius 2 is 1.66 bits per heavy atom. The molecule has 0 amide bonds. The Kier molecular flexibility index (Phi) is 9.95. The van der Waals surface area contributed by atoms with Gasteiger partial charge in [0.05, 0.1) is 0 Å². The third-order valence-corrected chi connectivity index (χ3v) is 9.64. The number of allylic oxidation sites excluding steroid dienone is 2. The summed E-state index contributed by atoms with van der Waals surface area (Å²) < 4.78 is 6.77. The van der Waals surface area contributed by atoms with E-state index in [2.05, 4.69) is 127 Å². The molecule has 3 aromatic carbocycles. The predicted octanol–water partition coefficient (Wildman–Crippen LogP) is 11.3. The normalized spacial score (nSPS) is 15.9. The maximum atomic E-state index is 6.77. The van der Waals surface area contributed by atoms with E-state index in [9.17, 15) is 0 Å².